The molecule has 2 amide bonds. The fourth-order valence-electron chi connectivity index (χ4n) is 1.78. The van der Waals surface area contributed by atoms with E-state index in [9.17, 15) is 9.59 Å². The van der Waals surface area contributed by atoms with Crippen molar-refractivity contribution in [2.45, 2.75) is 13.3 Å². The van der Waals surface area contributed by atoms with Crippen molar-refractivity contribution >= 4 is 35.0 Å². The Labute approximate surface area is 130 Å². The number of benzene rings is 1. The number of nitrogens with one attached hydrogen (secondary N) is 2. The zero-order valence-corrected chi connectivity index (χ0v) is 13.8. The highest BCUT2D eigenvalue weighted by Gasteiger charge is 2.07. The summed E-state index contributed by atoms with van der Waals surface area (Å²) in [6, 6.07) is 5.48. The molecule has 0 unspecified atom stereocenters. The fourth-order valence-corrected chi connectivity index (χ4v) is 2.17. The van der Waals surface area contributed by atoms with E-state index in [4.69, 9.17) is 0 Å². The molecule has 0 aliphatic heterocycles. The van der Waals surface area contributed by atoms with Crippen LogP contribution in [0.3, 0.4) is 0 Å². The average Bonchev–Trinajstić information content (AvgIpc) is 2.38. The second kappa shape index (κ2) is 8.69. The van der Waals surface area contributed by atoms with Gasteiger partial charge in [-0.15, -0.1) is 0 Å². The van der Waals surface area contributed by atoms with Gasteiger partial charge in [0.15, 0.2) is 0 Å². The first-order chi connectivity index (χ1) is 9.92. The van der Waals surface area contributed by atoms with E-state index >= 15 is 0 Å². The summed E-state index contributed by atoms with van der Waals surface area (Å²) >= 11 is 1.65. The zero-order chi connectivity index (χ0) is 15.8. The van der Waals surface area contributed by atoms with Crippen molar-refractivity contribution < 1.29 is 9.59 Å². The maximum atomic E-state index is 11.7. The second-order valence-electron chi connectivity index (χ2n) is 5.11. The van der Waals surface area contributed by atoms with Crippen molar-refractivity contribution in [2.75, 3.05) is 43.3 Å². The smallest absolute Gasteiger partial charge is 0.238 e. The van der Waals surface area contributed by atoms with Gasteiger partial charge >= 0.3 is 0 Å². The molecule has 0 aromatic heterocycles. The SMILES string of the molecule is CSCCC(=O)Nc1ccc(NC(=O)CN(C)C)c(C)c1. The number of thioether (sulfide) groups is 1. The Hall–Kier alpha value is -1.53. The van der Waals surface area contributed by atoms with Crippen molar-refractivity contribution in [3.8, 4) is 0 Å². The van der Waals surface area contributed by atoms with Crippen molar-refractivity contribution in [1.82, 2.24) is 4.90 Å². The summed E-state index contributed by atoms with van der Waals surface area (Å²) in [7, 11) is 3.69. The summed E-state index contributed by atoms with van der Waals surface area (Å²) in [6.07, 6.45) is 2.48. The molecule has 0 fully saturated rings. The summed E-state index contributed by atoms with van der Waals surface area (Å²) in [4.78, 5) is 25.2. The van der Waals surface area contributed by atoms with E-state index in [1.54, 1.807) is 17.8 Å². The molecule has 6 heteroatoms. The summed E-state index contributed by atoms with van der Waals surface area (Å²) in [5.41, 5.74) is 2.44. The molecule has 0 aliphatic carbocycles. The fraction of sp³-hybridized carbons (Fsp3) is 0.467. The number of amides is 2. The lowest BCUT2D eigenvalue weighted by Crippen LogP contribution is -2.27. The molecule has 0 spiro atoms. The summed E-state index contributed by atoms with van der Waals surface area (Å²) < 4.78 is 0. The minimum Gasteiger partial charge on any atom is -0.326 e. The minimum atomic E-state index is -0.0557. The first-order valence-corrected chi connectivity index (χ1v) is 8.15. The Bertz CT molecular complexity index is 504. The highest BCUT2D eigenvalue weighted by Crippen LogP contribution is 2.20. The molecule has 1 rings (SSSR count). The minimum absolute atomic E-state index is 0.00754. The molecule has 21 heavy (non-hydrogen) atoms. The molecule has 0 atom stereocenters. The van der Waals surface area contributed by atoms with Crippen LogP contribution >= 0.6 is 11.8 Å². The van der Waals surface area contributed by atoms with Crippen LogP contribution < -0.4 is 10.6 Å². The number of carbonyl (C=O) groups excluding carboxylic acids is 2. The topological polar surface area (TPSA) is 61.4 Å². The molecule has 116 valence electrons. The molecule has 1 aromatic rings. The van der Waals surface area contributed by atoms with Gasteiger partial charge in [-0.25, -0.2) is 0 Å². The average molecular weight is 309 g/mol. The highest BCUT2D eigenvalue weighted by molar-refractivity contribution is 7.98. The first-order valence-electron chi connectivity index (χ1n) is 6.76. The van der Waals surface area contributed by atoms with Crippen LogP contribution in [-0.2, 0) is 9.59 Å². The molecule has 0 heterocycles. The lowest BCUT2D eigenvalue weighted by molar-refractivity contribution is -0.117. The molecular formula is C15H23N3O2S. The van der Waals surface area contributed by atoms with E-state index in [1.165, 1.54) is 0 Å². The van der Waals surface area contributed by atoms with Gasteiger partial charge in [0.25, 0.3) is 0 Å². The van der Waals surface area contributed by atoms with E-state index in [-0.39, 0.29) is 11.8 Å². The molecule has 0 radical (unpaired) electrons. The third-order valence-corrected chi connectivity index (χ3v) is 3.39. The summed E-state index contributed by atoms with van der Waals surface area (Å²) in [5, 5.41) is 5.72. The van der Waals surface area contributed by atoms with Crippen LogP contribution in [-0.4, -0.2) is 49.4 Å². The molecule has 0 bridgehead atoms. The van der Waals surface area contributed by atoms with Crippen LogP contribution in [0.2, 0.25) is 0 Å². The van der Waals surface area contributed by atoms with E-state index in [1.807, 2.05) is 44.3 Å². The predicted octanol–water partition coefficient (Wildman–Crippen LogP) is 2.19. The quantitative estimate of drug-likeness (QED) is 0.810. The lowest BCUT2D eigenvalue weighted by atomic mass is 10.1. The van der Waals surface area contributed by atoms with Gasteiger partial charge in [-0.3, -0.25) is 9.59 Å². The summed E-state index contributed by atoms with van der Waals surface area (Å²) in [6.45, 7) is 2.25. The zero-order valence-electron chi connectivity index (χ0n) is 13.0. The molecule has 5 nitrogen and oxygen atoms in total. The standard InChI is InChI=1S/C15H23N3O2S/c1-11-9-12(16-14(19)7-8-21-4)5-6-13(11)17-15(20)10-18(2)3/h5-6,9H,7-8,10H2,1-4H3,(H,16,19)(H,17,20). The number of anilines is 2. The Balaban J connectivity index is 2.63. The molecule has 1 aromatic carbocycles. The number of carbonyl (C=O) groups is 2. The van der Waals surface area contributed by atoms with Crippen molar-refractivity contribution in [1.29, 1.82) is 0 Å². The van der Waals surface area contributed by atoms with Gasteiger partial charge in [-0.2, -0.15) is 11.8 Å². The Kier molecular flexibility index (Phi) is 7.25. The van der Waals surface area contributed by atoms with Crippen LogP contribution in [0.1, 0.15) is 12.0 Å². The highest BCUT2D eigenvalue weighted by atomic mass is 32.2. The second-order valence-corrected chi connectivity index (χ2v) is 6.09. The van der Waals surface area contributed by atoms with Gasteiger partial charge in [0.1, 0.15) is 0 Å². The van der Waals surface area contributed by atoms with Crippen molar-refractivity contribution in [3.05, 3.63) is 23.8 Å². The molecule has 0 saturated carbocycles. The van der Waals surface area contributed by atoms with Crippen molar-refractivity contribution in [3.63, 3.8) is 0 Å². The third-order valence-electron chi connectivity index (χ3n) is 2.78. The largest absolute Gasteiger partial charge is 0.326 e. The number of rotatable bonds is 7. The number of nitrogens with zero attached hydrogens (tertiary/aromatic N) is 1. The maximum absolute atomic E-state index is 11.7. The molecule has 2 N–H and O–H groups in total. The van der Waals surface area contributed by atoms with E-state index in [0.29, 0.717) is 13.0 Å². The van der Waals surface area contributed by atoms with Crippen LogP contribution in [0.4, 0.5) is 11.4 Å². The van der Waals surface area contributed by atoms with Crippen LogP contribution in [0.15, 0.2) is 18.2 Å². The molecule has 0 saturated heterocycles. The third kappa shape index (κ3) is 6.64. The predicted molar refractivity (Wildman–Crippen MR) is 90.0 cm³/mol. The van der Waals surface area contributed by atoms with Gasteiger partial charge in [0.05, 0.1) is 6.54 Å². The van der Waals surface area contributed by atoms with E-state index in [0.717, 1.165) is 22.7 Å². The Morgan fingerprint density at radius 2 is 1.90 bits per heavy atom. The van der Waals surface area contributed by atoms with Gasteiger partial charge in [0.2, 0.25) is 11.8 Å². The van der Waals surface area contributed by atoms with Crippen LogP contribution in [0, 0.1) is 6.92 Å². The number of hydrogen-bond acceptors (Lipinski definition) is 4. The first kappa shape index (κ1) is 17.5. The number of aryl methyl sites for hydroxylation is 1. The van der Waals surface area contributed by atoms with E-state index in [2.05, 4.69) is 10.6 Å². The molecule has 0 aliphatic rings. The van der Waals surface area contributed by atoms with Gasteiger partial charge in [-0.1, -0.05) is 0 Å². The number of hydrogen-bond donors (Lipinski definition) is 2. The van der Waals surface area contributed by atoms with Crippen LogP contribution in [0.25, 0.3) is 0 Å². The monoisotopic (exact) mass is 309 g/mol. The summed E-state index contributed by atoms with van der Waals surface area (Å²) in [5.74, 6) is 0.761. The Morgan fingerprint density at radius 1 is 1.19 bits per heavy atom. The van der Waals surface area contributed by atoms with Gasteiger partial charge in [-0.05, 0) is 51.0 Å². The lowest BCUT2D eigenvalue weighted by Gasteiger charge is -2.13. The maximum Gasteiger partial charge on any atom is 0.238 e. The number of likely N-dealkylation sites (N-methyl/N-ethyl adjacent to an activating group) is 1. The van der Waals surface area contributed by atoms with E-state index < -0.39 is 0 Å². The normalized spacial score (nSPS) is 10.5. The van der Waals surface area contributed by atoms with Gasteiger partial charge in [0, 0.05) is 23.5 Å². The van der Waals surface area contributed by atoms with Crippen LogP contribution in [0.5, 0.6) is 0 Å². The van der Waals surface area contributed by atoms with Crippen molar-refractivity contribution in [2.24, 2.45) is 0 Å². The molecular weight excluding hydrogens is 286 g/mol. The van der Waals surface area contributed by atoms with Gasteiger partial charge < -0.3 is 15.5 Å². The Morgan fingerprint density at radius 3 is 2.48 bits per heavy atom.